The fourth-order valence-corrected chi connectivity index (χ4v) is 4.83. The number of hydrogen-bond donors (Lipinski definition) is 2. The van der Waals surface area contributed by atoms with Crippen LogP contribution in [0.15, 0.2) is 11.0 Å². The summed E-state index contributed by atoms with van der Waals surface area (Å²) < 4.78 is 27.6. The molecule has 6 heteroatoms. The highest BCUT2D eigenvalue weighted by molar-refractivity contribution is 7.89. The summed E-state index contributed by atoms with van der Waals surface area (Å²) in [6.45, 7) is 8.57. The lowest BCUT2D eigenvalue weighted by atomic mass is 10.1. The van der Waals surface area contributed by atoms with Crippen molar-refractivity contribution in [2.24, 2.45) is 5.92 Å². The zero-order chi connectivity index (χ0) is 14.9. The van der Waals surface area contributed by atoms with Crippen LogP contribution in [0.4, 0.5) is 0 Å². The highest BCUT2D eigenvalue weighted by Gasteiger charge is 2.24. The van der Waals surface area contributed by atoms with Gasteiger partial charge in [0.25, 0.3) is 0 Å². The van der Waals surface area contributed by atoms with Crippen LogP contribution in [0, 0.1) is 12.8 Å². The Morgan fingerprint density at radius 3 is 2.55 bits per heavy atom. The number of aryl methyl sites for hydroxylation is 1. The summed E-state index contributed by atoms with van der Waals surface area (Å²) in [6, 6.07) is 2.38. The predicted molar refractivity (Wildman–Crippen MR) is 83.5 cm³/mol. The van der Waals surface area contributed by atoms with E-state index >= 15 is 0 Å². The Labute approximate surface area is 126 Å². The van der Waals surface area contributed by atoms with Gasteiger partial charge in [-0.15, -0.1) is 11.3 Å². The predicted octanol–water partition coefficient (Wildman–Crippen LogP) is 2.63. The molecule has 0 amide bonds. The summed E-state index contributed by atoms with van der Waals surface area (Å²) in [7, 11) is -3.40. The van der Waals surface area contributed by atoms with E-state index in [1.54, 1.807) is 11.3 Å². The highest BCUT2D eigenvalue weighted by atomic mass is 32.2. The van der Waals surface area contributed by atoms with Crippen molar-refractivity contribution in [2.45, 2.75) is 64.1 Å². The summed E-state index contributed by atoms with van der Waals surface area (Å²) in [5.74, 6) is 0.278. The fourth-order valence-electron chi connectivity index (χ4n) is 1.85. The van der Waals surface area contributed by atoms with Crippen LogP contribution < -0.4 is 10.0 Å². The number of sulfonamides is 1. The van der Waals surface area contributed by atoms with Crippen molar-refractivity contribution >= 4 is 21.4 Å². The van der Waals surface area contributed by atoms with Gasteiger partial charge in [-0.1, -0.05) is 13.8 Å². The average Bonchev–Trinajstić information content (AvgIpc) is 3.08. The molecule has 114 valence electrons. The molecule has 0 aliphatic heterocycles. The van der Waals surface area contributed by atoms with Gasteiger partial charge >= 0.3 is 0 Å². The van der Waals surface area contributed by atoms with E-state index in [9.17, 15) is 8.42 Å². The first-order chi connectivity index (χ1) is 9.29. The molecule has 0 aromatic carbocycles. The maximum absolute atomic E-state index is 12.4. The molecule has 0 bridgehead atoms. The van der Waals surface area contributed by atoms with Crippen LogP contribution in [-0.4, -0.2) is 20.5 Å². The van der Waals surface area contributed by atoms with E-state index in [-0.39, 0.29) is 12.0 Å². The van der Waals surface area contributed by atoms with Crippen molar-refractivity contribution in [1.29, 1.82) is 0 Å². The second-order valence-corrected chi connectivity index (χ2v) is 8.97. The standard InChI is InChI=1S/C14H24N2O2S2/c1-9(2)10(3)16-20(17,18)14-7-13(19-11(14)4)8-15-12-5-6-12/h7,9-10,12,15-16H,5-6,8H2,1-4H3. The molecule has 0 saturated heterocycles. The van der Waals surface area contributed by atoms with Crippen molar-refractivity contribution in [1.82, 2.24) is 10.0 Å². The van der Waals surface area contributed by atoms with Gasteiger partial charge < -0.3 is 5.32 Å². The Balaban J connectivity index is 2.09. The lowest BCUT2D eigenvalue weighted by Crippen LogP contribution is -2.36. The zero-order valence-corrected chi connectivity index (χ0v) is 14.2. The van der Waals surface area contributed by atoms with E-state index in [1.807, 2.05) is 33.8 Å². The Bertz CT molecular complexity index is 560. The Kier molecular flexibility index (Phi) is 4.89. The summed E-state index contributed by atoms with van der Waals surface area (Å²) in [5.41, 5.74) is 0. The minimum atomic E-state index is -3.40. The molecule has 0 radical (unpaired) electrons. The number of thiophene rings is 1. The van der Waals surface area contributed by atoms with E-state index in [1.165, 1.54) is 12.8 Å². The number of hydrogen-bond acceptors (Lipinski definition) is 4. The Morgan fingerprint density at radius 1 is 1.35 bits per heavy atom. The largest absolute Gasteiger partial charge is 0.309 e. The van der Waals surface area contributed by atoms with Gasteiger partial charge in [-0.3, -0.25) is 0 Å². The molecule has 2 rings (SSSR count). The normalized spacial score (nSPS) is 17.6. The third-order valence-corrected chi connectivity index (χ3v) is 6.56. The molecule has 1 aliphatic rings. The molecule has 1 saturated carbocycles. The first-order valence-corrected chi connectivity index (χ1v) is 9.44. The molecular formula is C14H24N2O2S2. The molecular weight excluding hydrogens is 292 g/mol. The highest BCUT2D eigenvalue weighted by Crippen LogP contribution is 2.27. The van der Waals surface area contributed by atoms with Gasteiger partial charge in [-0.05, 0) is 38.7 Å². The van der Waals surface area contributed by atoms with E-state index in [2.05, 4.69) is 10.0 Å². The quantitative estimate of drug-likeness (QED) is 0.813. The molecule has 1 fully saturated rings. The molecule has 1 aliphatic carbocycles. The molecule has 20 heavy (non-hydrogen) atoms. The molecule has 0 spiro atoms. The Morgan fingerprint density at radius 2 is 2.00 bits per heavy atom. The SMILES string of the molecule is Cc1sc(CNC2CC2)cc1S(=O)(=O)NC(C)C(C)C. The third kappa shape index (κ3) is 4.04. The van der Waals surface area contributed by atoms with Gasteiger partial charge in [-0.2, -0.15) is 0 Å². The van der Waals surface area contributed by atoms with Crippen molar-refractivity contribution in [3.05, 3.63) is 15.8 Å². The summed E-state index contributed by atoms with van der Waals surface area (Å²) in [6.07, 6.45) is 2.48. The lowest BCUT2D eigenvalue weighted by molar-refractivity contribution is 0.476. The number of nitrogens with one attached hydrogen (secondary N) is 2. The zero-order valence-electron chi connectivity index (χ0n) is 12.6. The first kappa shape index (κ1) is 15.9. The van der Waals surface area contributed by atoms with Crippen molar-refractivity contribution < 1.29 is 8.42 Å². The van der Waals surface area contributed by atoms with Crippen LogP contribution >= 0.6 is 11.3 Å². The second kappa shape index (κ2) is 6.13. The molecule has 1 aromatic heterocycles. The fraction of sp³-hybridized carbons (Fsp3) is 0.714. The molecule has 1 atom stereocenters. The minimum Gasteiger partial charge on any atom is -0.309 e. The van der Waals surface area contributed by atoms with E-state index < -0.39 is 10.0 Å². The molecule has 1 aromatic rings. The molecule has 4 nitrogen and oxygen atoms in total. The van der Waals surface area contributed by atoms with Crippen LogP contribution in [0.3, 0.4) is 0 Å². The summed E-state index contributed by atoms with van der Waals surface area (Å²) in [4.78, 5) is 2.38. The van der Waals surface area contributed by atoms with Crippen LogP contribution in [0.5, 0.6) is 0 Å². The van der Waals surface area contributed by atoms with Gasteiger partial charge in [-0.25, -0.2) is 13.1 Å². The van der Waals surface area contributed by atoms with Gasteiger partial charge in [0.1, 0.15) is 0 Å². The number of rotatable bonds is 7. The van der Waals surface area contributed by atoms with Crippen molar-refractivity contribution in [3.8, 4) is 0 Å². The van der Waals surface area contributed by atoms with Crippen LogP contribution in [0.2, 0.25) is 0 Å². The summed E-state index contributed by atoms with van der Waals surface area (Å²) >= 11 is 1.56. The molecule has 2 N–H and O–H groups in total. The lowest BCUT2D eigenvalue weighted by Gasteiger charge is -2.17. The topological polar surface area (TPSA) is 58.2 Å². The van der Waals surface area contributed by atoms with Gasteiger partial charge in [0, 0.05) is 28.4 Å². The van der Waals surface area contributed by atoms with Crippen LogP contribution in [0.1, 0.15) is 43.4 Å². The molecule has 1 heterocycles. The average molecular weight is 316 g/mol. The van der Waals surface area contributed by atoms with Gasteiger partial charge in [0.15, 0.2) is 0 Å². The minimum absolute atomic E-state index is 0.0626. The van der Waals surface area contributed by atoms with E-state index in [4.69, 9.17) is 0 Å². The maximum atomic E-state index is 12.4. The van der Waals surface area contributed by atoms with E-state index in [0.29, 0.717) is 10.9 Å². The third-order valence-electron chi connectivity index (χ3n) is 3.70. The maximum Gasteiger partial charge on any atom is 0.241 e. The smallest absolute Gasteiger partial charge is 0.241 e. The molecule has 1 unspecified atom stereocenters. The van der Waals surface area contributed by atoms with Crippen molar-refractivity contribution in [3.63, 3.8) is 0 Å². The monoisotopic (exact) mass is 316 g/mol. The van der Waals surface area contributed by atoms with Crippen LogP contribution in [0.25, 0.3) is 0 Å². The van der Waals surface area contributed by atoms with E-state index in [0.717, 1.165) is 16.3 Å². The van der Waals surface area contributed by atoms with Gasteiger partial charge in [0.2, 0.25) is 10.0 Å². The van der Waals surface area contributed by atoms with Gasteiger partial charge in [0.05, 0.1) is 4.90 Å². The Hall–Kier alpha value is -0.430. The second-order valence-electron chi connectivity index (χ2n) is 5.94. The first-order valence-electron chi connectivity index (χ1n) is 7.14. The van der Waals surface area contributed by atoms with Crippen molar-refractivity contribution in [2.75, 3.05) is 0 Å². The van der Waals surface area contributed by atoms with Crippen LogP contribution in [-0.2, 0) is 16.6 Å². The summed E-state index contributed by atoms with van der Waals surface area (Å²) in [5, 5.41) is 3.42.